The molecule has 3 nitrogen and oxygen atoms in total. The van der Waals surface area contributed by atoms with Crippen LogP contribution in [0.4, 0.5) is 11.4 Å². The fourth-order valence-electron chi connectivity index (χ4n) is 4.29. The van der Waals surface area contributed by atoms with Crippen molar-refractivity contribution in [2.75, 3.05) is 0 Å². The molecule has 3 rings (SSSR count). The highest BCUT2D eigenvalue weighted by Crippen LogP contribution is 2.35. The van der Waals surface area contributed by atoms with E-state index in [1.54, 1.807) is 0 Å². The molecule has 0 aliphatic heterocycles. The third-order valence-electron chi connectivity index (χ3n) is 6.36. The van der Waals surface area contributed by atoms with Gasteiger partial charge >= 0.3 is 0 Å². The number of nitrogens with zero attached hydrogens (tertiary/aromatic N) is 3. The molecule has 0 unspecified atom stereocenters. The lowest BCUT2D eigenvalue weighted by molar-refractivity contribution is 0.834. The molecule has 0 bridgehead atoms. The van der Waals surface area contributed by atoms with Gasteiger partial charge in [-0.1, -0.05) is 84.0 Å². The van der Waals surface area contributed by atoms with Crippen LogP contribution in [0.2, 0.25) is 0 Å². The van der Waals surface area contributed by atoms with Gasteiger partial charge in [-0.2, -0.15) is 0 Å². The summed E-state index contributed by atoms with van der Waals surface area (Å²) in [5.74, 6) is 0.815. The van der Waals surface area contributed by atoms with Gasteiger partial charge in [0.05, 0.1) is 34.2 Å². The van der Waals surface area contributed by atoms with E-state index in [0.29, 0.717) is 11.8 Å². The summed E-state index contributed by atoms with van der Waals surface area (Å²) < 4.78 is 0. The lowest BCUT2D eigenvalue weighted by atomic mass is 9.93. The summed E-state index contributed by atoms with van der Waals surface area (Å²) in [6, 6.07) is 19.1. The van der Waals surface area contributed by atoms with Crippen LogP contribution in [0.5, 0.6) is 0 Å². The molecular formula is C31H39N3. The van der Waals surface area contributed by atoms with Gasteiger partial charge in [-0.05, 0) is 72.9 Å². The summed E-state index contributed by atoms with van der Waals surface area (Å²) in [5, 5.41) is 0. The topological polar surface area (TPSA) is 37.6 Å². The fraction of sp³-hybridized carbons (Fsp3) is 0.387. The molecule has 34 heavy (non-hydrogen) atoms. The third-order valence-corrected chi connectivity index (χ3v) is 6.36. The van der Waals surface area contributed by atoms with Crippen molar-refractivity contribution in [3.05, 3.63) is 88.2 Å². The first-order valence-electron chi connectivity index (χ1n) is 12.6. The van der Waals surface area contributed by atoms with Gasteiger partial charge in [-0.15, -0.1) is 0 Å². The van der Waals surface area contributed by atoms with Crippen LogP contribution in [-0.4, -0.2) is 16.4 Å². The van der Waals surface area contributed by atoms with Gasteiger partial charge in [0.25, 0.3) is 0 Å². The van der Waals surface area contributed by atoms with Gasteiger partial charge in [0.15, 0.2) is 0 Å². The van der Waals surface area contributed by atoms with E-state index in [4.69, 9.17) is 15.0 Å². The zero-order valence-electron chi connectivity index (χ0n) is 22.1. The molecule has 0 saturated carbocycles. The number of rotatable bonds is 8. The molecule has 0 aliphatic rings. The van der Waals surface area contributed by atoms with Gasteiger partial charge in [-0.25, -0.2) is 4.98 Å². The molecule has 0 fully saturated rings. The van der Waals surface area contributed by atoms with Crippen LogP contribution in [-0.2, 0) is 12.8 Å². The van der Waals surface area contributed by atoms with Crippen LogP contribution in [0.15, 0.2) is 64.6 Å². The van der Waals surface area contributed by atoms with Crippen LogP contribution in [0.1, 0.15) is 101 Å². The minimum atomic E-state index is 0.408. The highest BCUT2D eigenvalue weighted by molar-refractivity contribution is 6.02. The maximum absolute atomic E-state index is 5.13. The Hall–Kier alpha value is -3.07. The molecule has 0 spiro atoms. The van der Waals surface area contributed by atoms with Gasteiger partial charge in [-0.3, -0.25) is 9.98 Å². The molecule has 1 aromatic heterocycles. The number of aryl methyl sites for hydroxylation is 2. The Morgan fingerprint density at radius 2 is 1.06 bits per heavy atom. The highest BCUT2D eigenvalue weighted by Gasteiger charge is 2.14. The number of aliphatic imine (C=N–C) groups is 2. The average molecular weight is 454 g/mol. The summed E-state index contributed by atoms with van der Waals surface area (Å²) in [5.41, 5.74) is 10.9. The van der Waals surface area contributed by atoms with Gasteiger partial charge in [0.1, 0.15) is 0 Å². The number of para-hydroxylation sites is 2. The first kappa shape index (κ1) is 25.6. The van der Waals surface area contributed by atoms with Gasteiger partial charge < -0.3 is 0 Å². The standard InChI is InChI=1S/C31H39N3/c1-9-24-14-11-15-25(10-2)30(24)32-22(7)28-18-13-19-29(34-28)23(8)33-31-26(20(3)4)16-12-17-27(31)21(5)6/h11-21H,9-10H2,1-8H3. The number of benzene rings is 2. The number of hydrogen-bond donors (Lipinski definition) is 0. The van der Waals surface area contributed by atoms with Crippen molar-refractivity contribution in [1.82, 2.24) is 4.98 Å². The normalized spacial score (nSPS) is 12.6. The Morgan fingerprint density at radius 3 is 1.50 bits per heavy atom. The summed E-state index contributed by atoms with van der Waals surface area (Å²) >= 11 is 0. The highest BCUT2D eigenvalue weighted by atomic mass is 14.8. The monoisotopic (exact) mass is 453 g/mol. The zero-order valence-corrected chi connectivity index (χ0v) is 22.1. The Kier molecular flexibility index (Phi) is 8.55. The molecule has 0 radical (unpaired) electrons. The van der Waals surface area contributed by atoms with Crippen LogP contribution < -0.4 is 0 Å². The summed E-state index contributed by atoms with van der Waals surface area (Å²) in [7, 11) is 0. The van der Waals surface area contributed by atoms with E-state index in [2.05, 4.69) is 97.9 Å². The summed E-state index contributed by atoms with van der Waals surface area (Å²) in [6.07, 6.45) is 1.93. The van der Waals surface area contributed by atoms with Crippen molar-refractivity contribution < 1.29 is 0 Å². The second-order valence-corrected chi connectivity index (χ2v) is 9.53. The Labute approximate surface area is 206 Å². The molecule has 3 aromatic rings. The quantitative estimate of drug-likeness (QED) is 0.314. The van der Waals surface area contributed by atoms with Gasteiger partial charge in [0, 0.05) is 0 Å². The van der Waals surface area contributed by atoms with E-state index in [0.717, 1.165) is 47.0 Å². The molecule has 3 heteroatoms. The van der Waals surface area contributed by atoms with E-state index in [-0.39, 0.29) is 0 Å². The molecule has 2 aromatic carbocycles. The van der Waals surface area contributed by atoms with Crippen molar-refractivity contribution in [2.45, 2.75) is 80.1 Å². The minimum Gasteiger partial charge on any atom is -0.251 e. The lowest BCUT2D eigenvalue weighted by Crippen LogP contribution is -2.06. The first-order valence-corrected chi connectivity index (χ1v) is 12.6. The minimum absolute atomic E-state index is 0.408. The largest absolute Gasteiger partial charge is 0.251 e. The predicted octanol–water partition coefficient (Wildman–Crippen LogP) is 8.73. The molecule has 0 saturated heterocycles. The first-order chi connectivity index (χ1) is 16.3. The summed E-state index contributed by atoms with van der Waals surface area (Å²) in [4.78, 5) is 15.1. The van der Waals surface area contributed by atoms with Crippen molar-refractivity contribution >= 4 is 22.8 Å². The van der Waals surface area contributed by atoms with Crippen molar-refractivity contribution in [2.24, 2.45) is 9.98 Å². The van der Waals surface area contributed by atoms with E-state index in [9.17, 15) is 0 Å². The van der Waals surface area contributed by atoms with E-state index >= 15 is 0 Å². The number of pyridine rings is 1. The molecule has 1 heterocycles. The van der Waals surface area contributed by atoms with Crippen molar-refractivity contribution in [3.8, 4) is 0 Å². The average Bonchev–Trinajstić information content (AvgIpc) is 2.83. The smallest absolute Gasteiger partial charge is 0.0849 e. The second kappa shape index (κ2) is 11.4. The van der Waals surface area contributed by atoms with E-state index in [1.807, 2.05) is 12.1 Å². The molecule has 0 atom stereocenters. The lowest BCUT2D eigenvalue weighted by Gasteiger charge is -2.17. The zero-order chi connectivity index (χ0) is 24.8. The number of aromatic nitrogens is 1. The molecular weight excluding hydrogens is 414 g/mol. The molecule has 0 amide bonds. The summed E-state index contributed by atoms with van der Waals surface area (Å²) in [6.45, 7) is 17.4. The van der Waals surface area contributed by atoms with Crippen LogP contribution in [0, 0.1) is 0 Å². The molecule has 0 aliphatic carbocycles. The molecule has 178 valence electrons. The van der Waals surface area contributed by atoms with Crippen LogP contribution in [0.3, 0.4) is 0 Å². The number of hydrogen-bond acceptors (Lipinski definition) is 3. The Balaban J connectivity index is 2.05. The van der Waals surface area contributed by atoms with Crippen molar-refractivity contribution in [3.63, 3.8) is 0 Å². The van der Waals surface area contributed by atoms with Crippen LogP contribution >= 0.6 is 0 Å². The third kappa shape index (κ3) is 5.70. The Bertz CT molecular complexity index is 1150. The fourth-order valence-corrected chi connectivity index (χ4v) is 4.29. The Morgan fingerprint density at radius 1 is 0.647 bits per heavy atom. The van der Waals surface area contributed by atoms with E-state index < -0.39 is 0 Å². The van der Waals surface area contributed by atoms with Crippen molar-refractivity contribution in [1.29, 1.82) is 0 Å². The molecule has 0 N–H and O–H groups in total. The predicted molar refractivity (Wildman–Crippen MR) is 148 cm³/mol. The SMILES string of the molecule is CCc1cccc(CC)c1N=C(C)c1cccc(C(C)=Nc2c(C(C)C)cccc2C(C)C)n1. The maximum atomic E-state index is 5.13. The second-order valence-electron chi connectivity index (χ2n) is 9.53. The van der Waals surface area contributed by atoms with Crippen LogP contribution in [0.25, 0.3) is 0 Å². The van der Waals surface area contributed by atoms with E-state index in [1.165, 1.54) is 22.3 Å². The maximum Gasteiger partial charge on any atom is 0.0849 e. The van der Waals surface area contributed by atoms with Gasteiger partial charge in [0.2, 0.25) is 0 Å².